The predicted molar refractivity (Wildman–Crippen MR) is 79.1 cm³/mol. The third-order valence-electron chi connectivity index (χ3n) is 3.00. The number of halogens is 1. The Morgan fingerprint density at radius 3 is 2.71 bits per heavy atom. The molecule has 110 valence electrons. The number of aliphatic hydroxyl groups is 1. The van der Waals surface area contributed by atoms with E-state index >= 15 is 0 Å². The zero-order valence-electron chi connectivity index (χ0n) is 11.5. The summed E-state index contributed by atoms with van der Waals surface area (Å²) in [5.41, 5.74) is 1.97. The molecule has 21 heavy (non-hydrogen) atoms. The molecule has 0 aliphatic carbocycles. The van der Waals surface area contributed by atoms with E-state index in [1.165, 1.54) is 6.07 Å². The molecule has 0 aromatic heterocycles. The van der Waals surface area contributed by atoms with E-state index in [1.54, 1.807) is 36.4 Å². The highest BCUT2D eigenvalue weighted by molar-refractivity contribution is 5.80. The smallest absolute Gasteiger partial charge is 0.239 e. The van der Waals surface area contributed by atoms with Gasteiger partial charge < -0.3 is 15.7 Å². The van der Waals surface area contributed by atoms with Gasteiger partial charge >= 0.3 is 0 Å². The Balaban J connectivity index is 1.81. The molecule has 0 radical (unpaired) electrons. The largest absolute Gasteiger partial charge is 0.392 e. The maximum Gasteiger partial charge on any atom is 0.239 e. The predicted octanol–water partition coefficient (Wildman–Crippen LogP) is 2.05. The monoisotopic (exact) mass is 288 g/mol. The molecule has 3 N–H and O–H groups in total. The number of nitrogens with one attached hydrogen (secondary N) is 2. The average Bonchev–Trinajstić information content (AvgIpc) is 2.52. The fraction of sp³-hybridized carbons (Fsp3) is 0.188. The van der Waals surface area contributed by atoms with Crippen LogP contribution in [0, 0.1) is 5.82 Å². The normalized spacial score (nSPS) is 10.2. The fourth-order valence-corrected chi connectivity index (χ4v) is 1.86. The number of carbonyl (C=O) groups excluding carboxylic acids is 1. The molecule has 4 nitrogen and oxygen atoms in total. The summed E-state index contributed by atoms with van der Waals surface area (Å²) in [7, 11) is 0. The molecule has 0 saturated carbocycles. The minimum absolute atomic E-state index is 0.0466. The minimum Gasteiger partial charge on any atom is -0.392 e. The first kappa shape index (κ1) is 15.0. The lowest BCUT2D eigenvalue weighted by atomic mass is 10.2. The van der Waals surface area contributed by atoms with E-state index in [1.807, 2.05) is 6.07 Å². The Hall–Kier alpha value is -2.40. The van der Waals surface area contributed by atoms with Crippen LogP contribution in [0.25, 0.3) is 0 Å². The van der Waals surface area contributed by atoms with Crippen molar-refractivity contribution in [1.82, 2.24) is 5.32 Å². The summed E-state index contributed by atoms with van der Waals surface area (Å²) < 4.78 is 13.4. The lowest BCUT2D eigenvalue weighted by Crippen LogP contribution is -2.29. The van der Waals surface area contributed by atoms with E-state index < -0.39 is 0 Å². The van der Waals surface area contributed by atoms with Crippen molar-refractivity contribution in [3.8, 4) is 0 Å². The SMILES string of the molecule is O=C(CNc1cccc(CO)c1)NCc1ccccc1F. The van der Waals surface area contributed by atoms with Crippen molar-refractivity contribution in [2.45, 2.75) is 13.2 Å². The third-order valence-corrected chi connectivity index (χ3v) is 3.00. The molecule has 0 aliphatic rings. The number of rotatable bonds is 6. The first-order chi connectivity index (χ1) is 10.2. The molecule has 0 spiro atoms. The number of amides is 1. The van der Waals surface area contributed by atoms with Crippen molar-refractivity contribution >= 4 is 11.6 Å². The van der Waals surface area contributed by atoms with Gasteiger partial charge in [-0.1, -0.05) is 30.3 Å². The molecule has 0 atom stereocenters. The van der Waals surface area contributed by atoms with E-state index in [0.29, 0.717) is 5.56 Å². The molecule has 0 fully saturated rings. The number of aliphatic hydroxyl groups excluding tert-OH is 1. The Labute approximate surface area is 122 Å². The fourth-order valence-electron chi connectivity index (χ4n) is 1.86. The highest BCUT2D eigenvalue weighted by atomic mass is 19.1. The van der Waals surface area contributed by atoms with Crippen LogP contribution in [0.3, 0.4) is 0 Å². The van der Waals surface area contributed by atoms with Gasteiger partial charge in [-0.3, -0.25) is 4.79 Å². The lowest BCUT2D eigenvalue weighted by molar-refractivity contribution is -0.119. The second kappa shape index (κ2) is 7.40. The molecule has 5 heteroatoms. The van der Waals surface area contributed by atoms with E-state index in [4.69, 9.17) is 5.11 Å². The van der Waals surface area contributed by atoms with Gasteiger partial charge in [-0.25, -0.2) is 4.39 Å². The zero-order chi connectivity index (χ0) is 15.1. The van der Waals surface area contributed by atoms with Crippen molar-refractivity contribution in [1.29, 1.82) is 0 Å². The summed E-state index contributed by atoms with van der Waals surface area (Å²) >= 11 is 0. The number of hydrogen-bond donors (Lipinski definition) is 3. The molecule has 1 amide bonds. The average molecular weight is 288 g/mol. The second-order valence-corrected chi connectivity index (χ2v) is 4.58. The zero-order valence-corrected chi connectivity index (χ0v) is 11.5. The van der Waals surface area contributed by atoms with Crippen molar-refractivity contribution in [3.63, 3.8) is 0 Å². The molecule has 0 unspecified atom stereocenters. The van der Waals surface area contributed by atoms with Gasteiger partial charge in [0, 0.05) is 17.8 Å². The summed E-state index contributed by atoms with van der Waals surface area (Å²) in [6, 6.07) is 13.5. The number of benzene rings is 2. The van der Waals surface area contributed by atoms with E-state index in [9.17, 15) is 9.18 Å². The molecular formula is C16H17FN2O2. The Morgan fingerprint density at radius 1 is 1.14 bits per heavy atom. The molecule has 2 aromatic carbocycles. The Kier molecular flexibility index (Phi) is 5.29. The van der Waals surface area contributed by atoms with Gasteiger partial charge in [0.15, 0.2) is 0 Å². The molecule has 2 aromatic rings. The third kappa shape index (κ3) is 4.57. The summed E-state index contributed by atoms with van der Waals surface area (Å²) in [6.45, 7) is 0.197. The first-order valence-corrected chi connectivity index (χ1v) is 6.63. The summed E-state index contributed by atoms with van der Waals surface area (Å²) in [5.74, 6) is -0.561. The quantitative estimate of drug-likeness (QED) is 0.762. The summed E-state index contributed by atoms with van der Waals surface area (Å²) in [5, 5.41) is 14.6. The molecular weight excluding hydrogens is 271 g/mol. The highest BCUT2D eigenvalue weighted by Crippen LogP contribution is 2.10. The van der Waals surface area contributed by atoms with Crippen LogP contribution in [0.4, 0.5) is 10.1 Å². The number of anilines is 1. The Bertz CT molecular complexity index is 617. The number of hydrogen-bond acceptors (Lipinski definition) is 3. The van der Waals surface area contributed by atoms with E-state index in [0.717, 1.165) is 11.3 Å². The van der Waals surface area contributed by atoms with E-state index in [-0.39, 0.29) is 31.4 Å². The standard InChI is InChI=1S/C16H17FN2O2/c17-15-7-2-1-5-13(15)9-19-16(21)10-18-14-6-3-4-12(8-14)11-20/h1-8,18,20H,9-11H2,(H,19,21). The second-order valence-electron chi connectivity index (χ2n) is 4.58. The van der Waals surface area contributed by atoms with Crippen molar-refractivity contribution < 1.29 is 14.3 Å². The van der Waals surface area contributed by atoms with Gasteiger partial charge in [-0.05, 0) is 23.8 Å². The van der Waals surface area contributed by atoms with Gasteiger partial charge in [0.05, 0.1) is 13.2 Å². The minimum atomic E-state index is -0.332. The molecule has 0 aliphatic heterocycles. The van der Waals surface area contributed by atoms with Gasteiger partial charge in [-0.15, -0.1) is 0 Å². The van der Waals surface area contributed by atoms with Crippen LogP contribution in [0.2, 0.25) is 0 Å². The maximum atomic E-state index is 13.4. The summed E-state index contributed by atoms with van der Waals surface area (Å²) in [4.78, 5) is 11.7. The van der Waals surface area contributed by atoms with E-state index in [2.05, 4.69) is 10.6 Å². The van der Waals surface area contributed by atoms with Crippen LogP contribution in [0.5, 0.6) is 0 Å². The van der Waals surface area contributed by atoms with Crippen LogP contribution in [-0.2, 0) is 17.9 Å². The Morgan fingerprint density at radius 2 is 1.95 bits per heavy atom. The first-order valence-electron chi connectivity index (χ1n) is 6.63. The van der Waals surface area contributed by atoms with Crippen molar-refractivity contribution in [3.05, 3.63) is 65.5 Å². The molecule has 2 rings (SSSR count). The van der Waals surface area contributed by atoms with Gasteiger partial charge in [0.25, 0.3) is 0 Å². The van der Waals surface area contributed by atoms with Crippen LogP contribution in [-0.4, -0.2) is 17.6 Å². The van der Waals surface area contributed by atoms with Crippen molar-refractivity contribution in [2.75, 3.05) is 11.9 Å². The summed E-state index contributed by atoms with van der Waals surface area (Å²) in [6.07, 6.45) is 0. The van der Waals surface area contributed by atoms with Gasteiger partial charge in [-0.2, -0.15) is 0 Å². The van der Waals surface area contributed by atoms with Gasteiger partial charge in [0.2, 0.25) is 5.91 Å². The molecule has 0 heterocycles. The van der Waals surface area contributed by atoms with Crippen LogP contribution in [0.1, 0.15) is 11.1 Å². The number of carbonyl (C=O) groups is 1. The molecule has 0 saturated heterocycles. The van der Waals surface area contributed by atoms with Crippen LogP contribution < -0.4 is 10.6 Å². The van der Waals surface area contributed by atoms with Crippen molar-refractivity contribution in [2.24, 2.45) is 0 Å². The van der Waals surface area contributed by atoms with Crippen LogP contribution >= 0.6 is 0 Å². The van der Waals surface area contributed by atoms with Crippen LogP contribution in [0.15, 0.2) is 48.5 Å². The van der Waals surface area contributed by atoms with Gasteiger partial charge in [0.1, 0.15) is 5.82 Å². The molecule has 0 bridgehead atoms. The highest BCUT2D eigenvalue weighted by Gasteiger charge is 2.04. The topological polar surface area (TPSA) is 61.4 Å². The lowest BCUT2D eigenvalue weighted by Gasteiger charge is -2.09. The maximum absolute atomic E-state index is 13.4.